The van der Waals surface area contributed by atoms with Crippen LogP contribution in [0.3, 0.4) is 0 Å². The molecule has 134 valence electrons. The fourth-order valence-electron chi connectivity index (χ4n) is 2.78. The first-order valence-corrected chi connectivity index (χ1v) is 9.70. The molecule has 0 bridgehead atoms. The molecule has 1 saturated heterocycles. The quantitative estimate of drug-likeness (QED) is 0.824. The first-order chi connectivity index (χ1) is 11.9. The Labute approximate surface area is 150 Å². The van der Waals surface area contributed by atoms with Crippen molar-refractivity contribution >= 4 is 33.2 Å². The van der Waals surface area contributed by atoms with Gasteiger partial charge in [0.05, 0.1) is 23.4 Å². The van der Waals surface area contributed by atoms with Crippen LogP contribution < -0.4 is 10.5 Å². The molecule has 9 heteroatoms. The minimum absolute atomic E-state index is 0.0394. The molecule has 0 spiro atoms. The summed E-state index contributed by atoms with van der Waals surface area (Å²) in [5.74, 6) is 0.423. The number of nitrogens with two attached hydrogens (primary N) is 1. The molecule has 1 aliphatic heterocycles. The number of hydrogen-bond donors (Lipinski definition) is 2. The molecule has 1 aliphatic rings. The molecule has 0 saturated carbocycles. The van der Waals surface area contributed by atoms with Gasteiger partial charge in [0.15, 0.2) is 0 Å². The summed E-state index contributed by atoms with van der Waals surface area (Å²) < 4.78 is 28.7. The van der Waals surface area contributed by atoms with Gasteiger partial charge in [0.2, 0.25) is 10.0 Å². The number of anilines is 1. The van der Waals surface area contributed by atoms with Crippen LogP contribution in [-0.2, 0) is 16.6 Å². The van der Waals surface area contributed by atoms with Crippen LogP contribution >= 0.6 is 11.6 Å². The third-order valence-electron chi connectivity index (χ3n) is 4.04. The largest absolute Gasteiger partial charge is 0.467 e. The second kappa shape index (κ2) is 7.07. The van der Waals surface area contributed by atoms with Crippen LogP contribution in [0.15, 0.2) is 39.8 Å². The van der Waals surface area contributed by atoms with Gasteiger partial charge in [0, 0.05) is 18.8 Å². The van der Waals surface area contributed by atoms with Crippen LogP contribution in [0, 0.1) is 0 Å². The van der Waals surface area contributed by atoms with Gasteiger partial charge < -0.3 is 14.6 Å². The van der Waals surface area contributed by atoms with E-state index in [1.54, 1.807) is 23.3 Å². The number of primary sulfonamides is 1. The molecule has 1 amide bonds. The predicted octanol–water partition coefficient (Wildman–Crippen LogP) is 2.43. The number of amides is 1. The van der Waals surface area contributed by atoms with Crippen molar-refractivity contribution in [3.63, 3.8) is 0 Å². The third kappa shape index (κ3) is 3.97. The molecular formula is C16H18ClN3O4S. The minimum atomic E-state index is -4.04. The summed E-state index contributed by atoms with van der Waals surface area (Å²) in [4.78, 5) is 14.2. The first kappa shape index (κ1) is 17.8. The maximum atomic E-state index is 12.8. The van der Waals surface area contributed by atoms with Crippen molar-refractivity contribution in [1.29, 1.82) is 0 Å². The number of likely N-dealkylation sites (tertiary alicyclic amines) is 1. The number of halogens is 1. The smallest absolute Gasteiger partial charge is 0.255 e. The second-order valence-electron chi connectivity index (χ2n) is 5.81. The van der Waals surface area contributed by atoms with Crippen LogP contribution in [0.4, 0.5) is 5.69 Å². The van der Waals surface area contributed by atoms with Crippen LogP contribution in [0.1, 0.15) is 29.0 Å². The monoisotopic (exact) mass is 383 g/mol. The zero-order valence-corrected chi connectivity index (χ0v) is 14.9. The number of rotatable bonds is 5. The Morgan fingerprint density at radius 1 is 1.32 bits per heavy atom. The van der Waals surface area contributed by atoms with E-state index >= 15 is 0 Å². The average Bonchev–Trinajstić information content (AvgIpc) is 3.24. The van der Waals surface area contributed by atoms with Gasteiger partial charge in [-0.25, -0.2) is 13.6 Å². The molecule has 0 radical (unpaired) electrons. The molecule has 3 N–H and O–H groups in total. The fourth-order valence-corrected chi connectivity index (χ4v) is 3.88. The fraction of sp³-hybridized carbons (Fsp3) is 0.312. The highest BCUT2D eigenvalue weighted by molar-refractivity contribution is 7.89. The standard InChI is InChI=1S/C16H18ClN3O4S/c17-13-9-14(19-10-11-4-3-7-24-11)12(8-15(13)25(18,22)23)16(21)20-5-1-2-6-20/h3-4,7-9,19H,1-2,5-6,10H2,(H2,18,22,23). The molecule has 1 aromatic carbocycles. The number of carbonyl (C=O) groups excluding carboxylic acids is 1. The number of sulfonamides is 1. The van der Waals surface area contributed by atoms with E-state index in [1.807, 2.05) is 0 Å². The molecule has 7 nitrogen and oxygen atoms in total. The minimum Gasteiger partial charge on any atom is -0.467 e. The van der Waals surface area contributed by atoms with Crippen molar-refractivity contribution in [3.05, 3.63) is 46.9 Å². The molecule has 2 aromatic rings. The second-order valence-corrected chi connectivity index (χ2v) is 7.74. The van der Waals surface area contributed by atoms with Crippen molar-refractivity contribution in [2.75, 3.05) is 18.4 Å². The summed E-state index contributed by atoms with van der Waals surface area (Å²) >= 11 is 6.06. The Kier molecular flexibility index (Phi) is 5.03. The highest BCUT2D eigenvalue weighted by Gasteiger charge is 2.25. The van der Waals surface area contributed by atoms with E-state index in [4.69, 9.17) is 21.2 Å². The molecule has 0 unspecified atom stereocenters. The molecular weight excluding hydrogens is 366 g/mol. The Morgan fingerprint density at radius 2 is 2.04 bits per heavy atom. The molecule has 3 rings (SSSR count). The van der Waals surface area contributed by atoms with Gasteiger partial charge in [0.1, 0.15) is 10.7 Å². The Bertz CT molecular complexity index is 875. The van der Waals surface area contributed by atoms with Gasteiger partial charge in [-0.2, -0.15) is 0 Å². The van der Waals surface area contributed by atoms with E-state index < -0.39 is 10.0 Å². The van der Waals surface area contributed by atoms with Gasteiger partial charge >= 0.3 is 0 Å². The normalized spacial score (nSPS) is 14.7. The number of furan rings is 1. The molecule has 25 heavy (non-hydrogen) atoms. The maximum absolute atomic E-state index is 12.8. The van der Waals surface area contributed by atoms with Crippen LogP contribution in [0.25, 0.3) is 0 Å². The highest BCUT2D eigenvalue weighted by atomic mass is 35.5. The Hall–Kier alpha value is -2.03. The van der Waals surface area contributed by atoms with Crippen molar-refractivity contribution in [3.8, 4) is 0 Å². The van der Waals surface area contributed by atoms with E-state index in [1.165, 1.54) is 12.1 Å². The SMILES string of the molecule is NS(=O)(=O)c1cc(C(=O)N2CCCC2)c(NCc2ccco2)cc1Cl. The summed E-state index contributed by atoms with van der Waals surface area (Å²) in [6.45, 7) is 1.62. The summed E-state index contributed by atoms with van der Waals surface area (Å²) in [6, 6.07) is 6.19. The van der Waals surface area contributed by atoms with Crippen molar-refractivity contribution in [2.24, 2.45) is 5.14 Å². The predicted molar refractivity (Wildman–Crippen MR) is 94.0 cm³/mol. The lowest BCUT2D eigenvalue weighted by Crippen LogP contribution is -2.29. The van der Waals surface area contributed by atoms with Crippen molar-refractivity contribution in [1.82, 2.24) is 4.90 Å². The molecule has 1 aromatic heterocycles. The van der Waals surface area contributed by atoms with Gasteiger partial charge in [0.25, 0.3) is 5.91 Å². The number of hydrogen-bond acceptors (Lipinski definition) is 5. The highest BCUT2D eigenvalue weighted by Crippen LogP contribution is 2.30. The van der Waals surface area contributed by atoms with E-state index in [2.05, 4.69) is 5.32 Å². The van der Waals surface area contributed by atoms with Gasteiger partial charge in [-0.3, -0.25) is 4.79 Å². The van der Waals surface area contributed by atoms with Gasteiger partial charge in [-0.15, -0.1) is 0 Å². The van der Waals surface area contributed by atoms with Gasteiger partial charge in [-0.05, 0) is 37.1 Å². The van der Waals surface area contributed by atoms with E-state index in [-0.39, 0.29) is 21.4 Å². The topological polar surface area (TPSA) is 106 Å². The number of nitrogens with one attached hydrogen (secondary N) is 1. The Morgan fingerprint density at radius 3 is 2.64 bits per heavy atom. The molecule has 0 atom stereocenters. The van der Waals surface area contributed by atoms with Crippen molar-refractivity contribution < 1.29 is 17.6 Å². The number of benzene rings is 1. The van der Waals surface area contributed by atoms with Gasteiger partial charge in [-0.1, -0.05) is 11.6 Å². The maximum Gasteiger partial charge on any atom is 0.255 e. The van der Waals surface area contributed by atoms with Crippen LogP contribution in [0.2, 0.25) is 5.02 Å². The lowest BCUT2D eigenvalue weighted by Gasteiger charge is -2.19. The zero-order valence-electron chi connectivity index (χ0n) is 13.4. The lowest BCUT2D eigenvalue weighted by atomic mass is 10.1. The average molecular weight is 384 g/mol. The van der Waals surface area contributed by atoms with Crippen LogP contribution in [-0.4, -0.2) is 32.3 Å². The third-order valence-corrected chi connectivity index (χ3v) is 5.41. The number of nitrogens with zero attached hydrogens (tertiary/aromatic N) is 1. The summed E-state index contributed by atoms with van der Waals surface area (Å²) in [7, 11) is -4.04. The summed E-state index contributed by atoms with van der Waals surface area (Å²) in [6.07, 6.45) is 3.40. The zero-order chi connectivity index (χ0) is 18.0. The van der Waals surface area contributed by atoms with E-state index in [9.17, 15) is 13.2 Å². The van der Waals surface area contributed by atoms with E-state index in [0.717, 1.165) is 12.8 Å². The molecule has 0 aliphatic carbocycles. The first-order valence-electron chi connectivity index (χ1n) is 7.78. The number of carbonyl (C=O) groups is 1. The Balaban J connectivity index is 1.99. The van der Waals surface area contributed by atoms with E-state index in [0.29, 0.717) is 31.1 Å². The van der Waals surface area contributed by atoms with Crippen molar-refractivity contribution in [2.45, 2.75) is 24.3 Å². The van der Waals surface area contributed by atoms with Crippen LogP contribution in [0.5, 0.6) is 0 Å². The molecule has 2 heterocycles. The lowest BCUT2D eigenvalue weighted by molar-refractivity contribution is 0.0793. The summed E-state index contributed by atoms with van der Waals surface area (Å²) in [5, 5.41) is 8.25. The molecule has 1 fully saturated rings. The summed E-state index contributed by atoms with van der Waals surface area (Å²) in [5.41, 5.74) is 0.660.